The lowest BCUT2D eigenvalue weighted by Crippen LogP contribution is -2.17. The highest BCUT2D eigenvalue weighted by molar-refractivity contribution is 5.89. The zero-order chi connectivity index (χ0) is 13.8. The van der Waals surface area contributed by atoms with E-state index in [1.807, 2.05) is 4.40 Å². The van der Waals surface area contributed by atoms with Crippen molar-refractivity contribution in [2.45, 2.75) is 44.9 Å². The maximum absolute atomic E-state index is 11.2. The van der Waals surface area contributed by atoms with Gasteiger partial charge in [-0.3, -0.25) is 4.40 Å². The van der Waals surface area contributed by atoms with Gasteiger partial charge in [0.15, 0.2) is 5.65 Å². The molecule has 0 radical (unpaired) electrons. The summed E-state index contributed by atoms with van der Waals surface area (Å²) in [6.45, 7) is 6.27. The highest BCUT2D eigenvalue weighted by Crippen LogP contribution is 2.41. The second-order valence-corrected chi connectivity index (χ2v) is 6.22. The summed E-state index contributed by atoms with van der Waals surface area (Å²) in [5, 5.41) is 17.6. The zero-order valence-electron chi connectivity index (χ0n) is 11.3. The average molecular weight is 259 g/mol. The zero-order valence-corrected chi connectivity index (χ0v) is 11.3. The Morgan fingerprint density at radius 2 is 2.00 bits per heavy atom. The lowest BCUT2D eigenvalue weighted by Gasteiger charge is -2.18. The van der Waals surface area contributed by atoms with Crippen molar-refractivity contribution >= 4 is 11.6 Å². The van der Waals surface area contributed by atoms with E-state index in [-0.39, 0.29) is 5.41 Å². The van der Waals surface area contributed by atoms with Crippen LogP contribution in [0.15, 0.2) is 12.1 Å². The first-order chi connectivity index (χ1) is 8.88. The molecule has 5 nitrogen and oxygen atoms in total. The van der Waals surface area contributed by atoms with E-state index in [9.17, 15) is 9.90 Å². The van der Waals surface area contributed by atoms with Crippen molar-refractivity contribution in [1.82, 2.24) is 14.6 Å². The molecule has 0 aromatic carbocycles. The fraction of sp³-hybridized carbons (Fsp3) is 0.500. The Bertz CT molecular complexity index is 663. The molecule has 19 heavy (non-hydrogen) atoms. The normalized spacial score (nSPS) is 15.9. The number of aromatic carboxylic acids is 1. The quantitative estimate of drug-likeness (QED) is 0.900. The number of hydrogen-bond acceptors (Lipinski definition) is 3. The summed E-state index contributed by atoms with van der Waals surface area (Å²) in [4.78, 5) is 11.2. The van der Waals surface area contributed by atoms with Gasteiger partial charge in [0.2, 0.25) is 0 Å². The Labute approximate surface area is 111 Å². The van der Waals surface area contributed by atoms with E-state index in [1.54, 1.807) is 12.1 Å². The number of pyridine rings is 1. The molecule has 5 heteroatoms. The molecule has 0 unspecified atom stereocenters. The van der Waals surface area contributed by atoms with E-state index in [2.05, 4.69) is 31.0 Å². The molecule has 3 rings (SSSR count). The van der Waals surface area contributed by atoms with E-state index >= 15 is 0 Å². The SMILES string of the molecule is CC(C)(C)c1nnc2cc(C(=O)O)cc(C3CC3)n12. The van der Waals surface area contributed by atoms with E-state index in [4.69, 9.17) is 0 Å². The third-order valence-electron chi connectivity index (χ3n) is 3.45. The van der Waals surface area contributed by atoms with Crippen LogP contribution in [0.1, 0.15) is 61.4 Å². The van der Waals surface area contributed by atoms with Crippen LogP contribution in [0, 0.1) is 0 Å². The maximum atomic E-state index is 11.2. The van der Waals surface area contributed by atoms with Crippen molar-refractivity contribution in [2.75, 3.05) is 0 Å². The van der Waals surface area contributed by atoms with Crippen LogP contribution in [0.5, 0.6) is 0 Å². The van der Waals surface area contributed by atoms with Crippen LogP contribution in [0.3, 0.4) is 0 Å². The van der Waals surface area contributed by atoms with Gasteiger partial charge in [-0.25, -0.2) is 4.79 Å². The first kappa shape index (κ1) is 12.1. The van der Waals surface area contributed by atoms with Crippen molar-refractivity contribution < 1.29 is 9.90 Å². The van der Waals surface area contributed by atoms with Crippen LogP contribution < -0.4 is 0 Å². The second kappa shape index (κ2) is 3.79. The summed E-state index contributed by atoms with van der Waals surface area (Å²) >= 11 is 0. The average Bonchev–Trinajstić information content (AvgIpc) is 3.04. The summed E-state index contributed by atoms with van der Waals surface area (Å²) in [5.74, 6) is 0.421. The molecular formula is C14H17N3O2. The highest BCUT2D eigenvalue weighted by Gasteiger charge is 2.31. The van der Waals surface area contributed by atoms with Gasteiger partial charge >= 0.3 is 5.97 Å². The van der Waals surface area contributed by atoms with Gasteiger partial charge < -0.3 is 5.11 Å². The fourth-order valence-corrected chi connectivity index (χ4v) is 2.34. The Morgan fingerprint density at radius 3 is 2.53 bits per heavy atom. The van der Waals surface area contributed by atoms with Crippen molar-refractivity contribution in [2.24, 2.45) is 0 Å². The third kappa shape index (κ3) is 1.99. The van der Waals surface area contributed by atoms with Crippen molar-refractivity contribution in [3.8, 4) is 0 Å². The first-order valence-corrected chi connectivity index (χ1v) is 6.51. The molecule has 0 bridgehead atoms. The molecule has 100 valence electrons. The number of hydrogen-bond donors (Lipinski definition) is 1. The Balaban J connectivity index is 2.31. The van der Waals surface area contributed by atoms with Gasteiger partial charge in [-0.1, -0.05) is 20.8 Å². The Kier molecular flexibility index (Phi) is 2.42. The van der Waals surface area contributed by atoms with Crippen molar-refractivity contribution in [3.63, 3.8) is 0 Å². The molecule has 2 heterocycles. The highest BCUT2D eigenvalue weighted by atomic mass is 16.4. The summed E-state index contributed by atoms with van der Waals surface area (Å²) < 4.78 is 2.03. The molecule has 1 aliphatic rings. The number of carboxylic acid groups (broad SMARTS) is 1. The monoisotopic (exact) mass is 259 g/mol. The minimum atomic E-state index is -0.912. The predicted octanol–water partition coefficient (Wildman–Crippen LogP) is 2.60. The predicted molar refractivity (Wildman–Crippen MR) is 70.6 cm³/mol. The molecule has 0 saturated heterocycles. The van der Waals surface area contributed by atoms with Gasteiger partial charge in [0.25, 0.3) is 0 Å². The first-order valence-electron chi connectivity index (χ1n) is 6.51. The standard InChI is InChI=1S/C14H17N3O2/c1-14(2,3)13-16-15-11-7-9(12(18)19)6-10(17(11)13)8-4-5-8/h6-8H,4-5H2,1-3H3,(H,18,19). The third-order valence-corrected chi connectivity index (χ3v) is 3.45. The fourth-order valence-electron chi connectivity index (χ4n) is 2.34. The molecule has 0 amide bonds. The number of rotatable bonds is 2. The van der Waals surface area contributed by atoms with Crippen LogP contribution in [0.25, 0.3) is 5.65 Å². The summed E-state index contributed by atoms with van der Waals surface area (Å²) in [6.07, 6.45) is 2.22. The van der Waals surface area contributed by atoms with Gasteiger partial charge in [0.05, 0.1) is 5.56 Å². The van der Waals surface area contributed by atoms with Crippen LogP contribution >= 0.6 is 0 Å². The van der Waals surface area contributed by atoms with Gasteiger partial charge in [0.1, 0.15) is 5.82 Å². The molecule has 1 aliphatic carbocycles. The Hall–Kier alpha value is -1.91. The second-order valence-electron chi connectivity index (χ2n) is 6.22. The minimum absolute atomic E-state index is 0.117. The van der Waals surface area contributed by atoms with Crippen molar-refractivity contribution in [1.29, 1.82) is 0 Å². The van der Waals surface area contributed by atoms with Gasteiger partial charge in [0, 0.05) is 11.1 Å². The molecule has 2 aromatic rings. The smallest absolute Gasteiger partial charge is 0.335 e. The molecular weight excluding hydrogens is 242 g/mol. The van der Waals surface area contributed by atoms with Crippen LogP contribution in [-0.4, -0.2) is 25.7 Å². The van der Waals surface area contributed by atoms with Crippen LogP contribution in [0.4, 0.5) is 0 Å². The largest absolute Gasteiger partial charge is 0.478 e. The number of aromatic nitrogens is 3. The number of nitrogens with zero attached hydrogens (tertiary/aromatic N) is 3. The Morgan fingerprint density at radius 1 is 1.32 bits per heavy atom. The lowest BCUT2D eigenvalue weighted by molar-refractivity contribution is 0.0696. The van der Waals surface area contributed by atoms with E-state index < -0.39 is 5.97 Å². The molecule has 0 atom stereocenters. The summed E-state index contributed by atoms with van der Waals surface area (Å²) in [6, 6.07) is 3.36. The molecule has 0 aliphatic heterocycles. The number of carbonyl (C=O) groups is 1. The van der Waals surface area contributed by atoms with Gasteiger partial charge in [-0.2, -0.15) is 0 Å². The molecule has 1 saturated carbocycles. The van der Waals surface area contributed by atoms with Crippen LogP contribution in [-0.2, 0) is 5.41 Å². The molecule has 0 spiro atoms. The number of fused-ring (bicyclic) bond motifs is 1. The lowest BCUT2D eigenvalue weighted by atomic mass is 9.95. The van der Waals surface area contributed by atoms with Gasteiger partial charge in [-0.05, 0) is 30.9 Å². The molecule has 2 aromatic heterocycles. The van der Waals surface area contributed by atoms with Crippen LogP contribution in [0.2, 0.25) is 0 Å². The molecule has 1 N–H and O–H groups in total. The van der Waals surface area contributed by atoms with E-state index in [1.165, 1.54) is 0 Å². The summed E-state index contributed by atoms with van der Waals surface area (Å²) in [5.41, 5.74) is 1.84. The van der Waals surface area contributed by atoms with Gasteiger partial charge in [-0.15, -0.1) is 10.2 Å². The topological polar surface area (TPSA) is 67.5 Å². The minimum Gasteiger partial charge on any atom is -0.478 e. The summed E-state index contributed by atoms with van der Waals surface area (Å²) in [7, 11) is 0. The molecule has 1 fully saturated rings. The number of carboxylic acids is 1. The van der Waals surface area contributed by atoms with E-state index in [0.717, 1.165) is 24.4 Å². The van der Waals surface area contributed by atoms with Crippen molar-refractivity contribution in [3.05, 3.63) is 29.2 Å². The van der Waals surface area contributed by atoms with E-state index in [0.29, 0.717) is 17.1 Å². The maximum Gasteiger partial charge on any atom is 0.335 e.